The standard InChI is InChI=1S/C25H36O/c1-3-5-7-9-14-18-23-21(15-11-8-6-4-2)19-20-24(26)25(23)22-16-12-10-13-17-22/h10,12-13,16-17,19-20,26H,3-9,11,14-15,18H2,1-2H3. The Morgan fingerprint density at radius 2 is 1.27 bits per heavy atom. The van der Waals surface area contributed by atoms with E-state index in [-0.39, 0.29) is 0 Å². The highest BCUT2D eigenvalue weighted by atomic mass is 16.3. The highest BCUT2D eigenvalue weighted by molar-refractivity contribution is 5.75. The van der Waals surface area contributed by atoms with Crippen LogP contribution in [0.5, 0.6) is 5.75 Å². The van der Waals surface area contributed by atoms with Crippen LogP contribution in [0.4, 0.5) is 0 Å². The topological polar surface area (TPSA) is 20.2 Å². The van der Waals surface area contributed by atoms with Gasteiger partial charge in [0.15, 0.2) is 0 Å². The summed E-state index contributed by atoms with van der Waals surface area (Å²) in [6, 6.07) is 14.5. The number of phenolic OH excluding ortho intramolecular Hbond substituents is 1. The van der Waals surface area contributed by atoms with Crippen molar-refractivity contribution in [1.29, 1.82) is 0 Å². The van der Waals surface area contributed by atoms with Crippen LogP contribution in [-0.4, -0.2) is 5.11 Å². The van der Waals surface area contributed by atoms with E-state index < -0.39 is 0 Å². The Labute approximate surface area is 160 Å². The van der Waals surface area contributed by atoms with Gasteiger partial charge in [0, 0.05) is 5.56 Å². The van der Waals surface area contributed by atoms with Crippen molar-refractivity contribution in [1.82, 2.24) is 0 Å². The Balaban J connectivity index is 2.22. The third kappa shape index (κ3) is 6.20. The third-order valence-corrected chi connectivity index (χ3v) is 5.28. The zero-order valence-corrected chi connectivity index (χ0v) is 16.8. The molecule has 0 saturated heterocycles. The molecule has 0 aliphatic rings. The molecule has 1 N–H and O–H groups in total. The molecule has 2 aromatic rings. The molecule has 0 aromatic heterocycles. The Morgan fingerprint density at radius 1 is 0.654 bits per heavy atom. The lowest BCUT2D eigenvalue weighted by Crippen LogP contribution is -2.00. The third-order valence-electron chi connectivity index (χ3n) is 5.28. The minimum atomic E-state index is 0.428. The van der Waals surface area contributed by atoms with E-state index in [4.69, 9.17) is 0 Å². The molecule has 1 heteroatoms. The van der Waals surface area contributed by atoms with Crippen LogP contribution in [0.15, 0.2) is 42.5 Å². The molecule has 0 aliphatic carbocycles. The average molecular weight is 353 g/mol. The summed E-state index contributed by atoms with van der Waals surface area (Å²) in [5, 5.41) is 10.6. The molecule has 2 rings (SSSR count). The summed E-state index contributed by atoms with van der Waals surface area (Å²) in [6.45, 7) is 4.52. The van der Waals surface area contributed by atoms with Gasteiger partial charge in [-0.25, -0.2) is 0 Å². The Hall–Kier alpha value is -1.76. The Kier molecular flexibility index (Phi) is 9.31. The van der Waals surface area contributed by atoms with E-state index in [1.807, 2.05) is 12.1 Å². The lowest BCUT2D eigenvalue weighted by Gasteiger charge is -2.17. The van der Waals surface area contributed by atoms with Crippen molar-refractivity contribution in [2.45, 2.75) is 84.5 Å². The lowest BCUT2D eigenvalue weighted by atomic mass is 9.88. The van der Waals surface area contributed by atoms with Crippen molar-refractivity contribution >= 4 is 0 Å². The molecule has 0 spiro atoms. The van der Waals surface area contributed by atoms with Gasteiger partial charge in [-0.3, -0.25) is 0 Å². The zero-order chi connectivity index (χ0) is 18.6. The van der Waals surface area contributed by atoms with E-state index in [1.165, 1.54) is 68.9 Å². The second-order valence-corrected chi connectivity index (χ2v) is 7.44. The van der Waals surface area contributed by atoms with Crippen LogP contribution in [0.2, 0.25) is 0 Å². The molecule has 0 aliphatic heterocycles. The first-order valence-electron chi connectivity index (χ1n) is 10.7. The minimum Gasteiger partial charge on any atom is -0.507 e. The maximum absolute atomic E-state index is 10.6. The van der Waals surface area contributed by atoms with E-state index in [9.17, 15) is 5.11 Å². The minimum absolute atomic E-state index is 0.428. The van der Waals surface area contributed by atoms with Crippen molar-refractivity contribution in [2.75, 3.05) is 0 Å². The van der Waals surface area contributed by atoms with E-state index in [2.05, 4.69) is 44.2 Å². The fourth-order valence-corrected chi connectivity index (χ4v) is 3.77. The van der Waals surface area contributed by atoms with Crippen LogP contribution in [-0.2, 0) is 12.8 Å². The summed E-state index contributed by atoms with van der Waals surface area (Å²) in [5.41, 5.74) is 5.02. The van der Waals surface area contributed by atoms with Gasteiger partial charge in [-0.1, -0.05) is 95.2 Å². The van der Waals surface area contributed by atoms with Gasteiger partial charge in [-0.2, -0.15) is 0 Å². The van der Waals surface area contributed by atoms with Gasteiger partial charge < -0.3 is 5.11 Å². The first-order chi connectivity index (χ1) is 12.8. The molecule has 26 heavy (non-hydrogen) atoms. The van der Waals surface area contributed by atoms with Crippen LogP contribution >= 0.6 is 0 Å². The summed E-state index contributed by atoms with van der Waals surface area (Å²) in [4.78, 5) is 0. The van der Waals surface area contributed by atoms with Gasteiger partial charge >= 0.3 is 0 Å². The van der Waals surface area contributed by atoms with Gasteiger partial charge in [0.05, 0.1) is 0 Å². The largest absolute Gasteiger partial charge is 0.507 e. The number of aromatic hydroxyl groups is 1. The number of hydrogen-bond donors (Lipinski definition) is 1. The van der Waals surface area contributed by atoms with Gasteiger partial charge in [-0.15, -0.1) is 0 Å². The zero-order valence-electron chi connectivity index (χ0n) is 16.8. The molecule has 1 nitrogen and oxygen atoms in total. The van der Waals surface area contributed by atoms with Crippen LogP contribution in [0.1, 0.15) is 82.8 Å². The molecule has 0 atom stereocenters. The summed E-state index contributed by atoms with van der Waals surface area (Å²) < 4.78 is 0. The van der Waals surface area contributed by atoms with E-state index >= 15 is 0 Å². The molecule has 142 valence electrons. The van der Waals surface area contributed by atoms with Crippen LogP contribution < -0.4 is 0 Å². The number of aryl methyl sites for hydroxylation is 1. The molecule has 0 fully saturated rings. The fourth-order valence-electron chi connectivity index (χ4n) is 3.77. The van der Waals surface area contributed by atoms with Crippen molar-refractivity contribution in [3.63, 3.8) is 0 Å². The van der Waals surface area contributed by atoms with Crippen LogP contribution in [0.3, 0.4) is 0 Å². The second-order valence-electron chi connectivity index (χ2n) is 7.44. The summed E-state index contributed by atoms with van der Waals surface area (Å²) in [6.07, 6.45) is 13.8. The molecule has 0 bridgehead atoms. The van der Waals surface area contributed by atoms with Gasteiger partial charge in [0.2, 0.25) is 0 Å². The second kappa shape index (κ2) is 11.8. The molecule has 0 heterocycles. The van der Waals surface area contributed by atoms with Crippen LogP contribution in [0.25, 0.3) is 11.1 Å². The molecule has 0 unspecified atom stereocenters. The quantitative estimate of drug-likeness (QED) is 0.388. The number of hydrogen-bond acceptors (Lipinski definition) is 1. The smallest absolute Gasteiger partial charge is 0.123 e. The van der Waals surface area contributed by atoms with Gasteiger partial charge in [0.25, 0.3) is 0 Å². The highest BCUT2D eigenvalue weighted by Gasteiger charge is 2.14. The van der Waals surface area contributed by atoms with E-state index in [0.717, 1.165) is 24.0 Å². The monoisotopic (exact) mass is 352 g/mol. The molecular weight excluding hydrogens is 316 g/mol. The molecule has 0 saturated carbocycles. The van der Waals surface area contributed by atoms with E-state index in [0.29, 0.717) is 5.75 Å². The Bertz CT molecular complexity index is 630. The number of phenols is 1. The number of benzene rings is 2. The van der Waals surface area contributed by atoms with Crippen molar-refractivity contribution < 1.29 is 5.11 Å². The van der Waals surface area contributed by atoms with Crippen molar-refractivity contribution in [2.24, 2.45) is 0 Å². The van der Waals surface area contributed by atoms with Gasteiger partial charge in [0.1, 0.15) is 5.75 Å². The van der Waals surface area contributed by atoms with Crippen LogP contribution in [0, 0.1) is 0 Å². The maximum atomic E-state index is 10.6. The number of unbranched alkanes of at least 4 members (excludes halogenated alkanes) is 7. The molecule has 0 amide bonds. The molecule has 2 aromatic carbocycles. The normalized spacial score (nSPS) is 11.0. The van der Waals surface area contributed by atoms with Crippen molar-refractivity contribution in [3.8, 4) is 16.9 Å². The summed E-state index contributed by atoms with van der Waals surface area (Å²) in [5.74, 6) is 0.428. The lowest BCUT2D eigenvalue weighted by molar-refractivity contribution is 0.476. The SMILES string of the molecule is CCCCCCCc1c(CCCCCC)ccc(O)c1-c1ccccc1. The Morgan fingerprint density at radius 3 is 1.96 bits per heavy atom. The van der Waals surface area contributed by atoms with Gasteiger partial charge in [-0.05, 0) is 48.4 Å². The summed E-state index contributed by atoms with van der Waals surface area (Å²) >= 11 is 0. The predicted molar refractivity (Wildman–Crippen MR) is 114 cm³/mol. The predicted octanol–water partition coefficient (Wildman–Crippen LogP) is 7.69. The summed E-state index contributed by atoms with van der Waals surface area (Å²) in [7, 11) is 0. The molecule has 0 radical (unpaired) electrons. The fraction of sp³-hybridized carbons (Fsp3) is 0.520. The highest BCUT2D eigenvalue weighted by Crippen LogP contribution is 2.36. The van der Waals surface area contributed by atoms with E-state index in [1.54, 1.807) is 0 Å². The number of rotatable bonds is 12. The maximum Gasteiger partial charge on any atom is 0.123 e. The average Bonchev–Trinajstić information content (AvgIpc) is 2.67. The first-order valence-corrected chi connectivity index (χ1v) is 10.7. The first kappa shape index (κ1) is 20.6. The molecular formula is C25H36O. The van der Waals surface area contributed by atoms with Crippen molar-refractivity contribution in [3.05, 3.63) is 53.6 Å².